The molecule has 5 nitrogen and oxygen atoms in total. The van der Waals surface area contributed by atoms with Crippen molar-refractivity contribution in [1.82, 2.24) is 4.72 Å². The topological polar surface area (TPSA) is 75.3 Å². The van der Waals surface area contributed by atoms with Crippen LogP contribution in [0.3, 0.4) is 0 Å². The van der Waals surface area contributed by atoms with E-state index in [4.69, 9.17) is 0 Å². The van der Waals surface area contributed by atoms with Crippen molar-refractivity contribution >= 4 is 21.6 Å². The Hall–Kier alpha value is -2.25. The van der Waals surface area contributed by atoms with Gasteiger partial charge in [-0.1, -0.05) is 13.0 Å². The third-order valence-corrected chi connectivity index (χ3v) is 5.43. The third kappa shape index (κ3) is 4.87. The van der Waals surface area contributed by atoms with Crippen LogP contribution in [0.5, 0.6) is 0 Å². The Bertz CT molecular complexity index is 864. The largest absolute Gasteiger partial charge is 0.322 e. The Morgan fingerprint density at radius 2 is 1.80 bits per heavy atom. The Morgan fingerprint density at radius 3 is 2.36 bits per heavy atom. The van der Waals surface area contributed by atoms with Crippen molar-refractivity contribution in [1.29, 1.82) is 0 Å². The third-order valence-electron chi connectivity index (χ3n) is 3.83. The standard InChI is InChI=1S/C18H21FN2O3S/c1-4-13(3)21-25(23,24)16-9-6-14(7-10-16)18(22)20-15-8-5-12(2)17(19)11-15/h5-11,13,21H,4H2,1-3H3,(H,20,22). The van der Waals surface area contributed by atoms with E-state index in [0.29, 0.717) is 17.7 Å². The molecule has 2 rings (SSSR count). The van der Waals surface area contributed by atoms with Gasteiger partial charge in [0.15, 0.2) is 0 Å². The van der Waals surface area contributed by atoms with E-state index in [2.05, 4.69) is 10.0 Å². The number of nitrogens with one attached hydrogen (secondary N) is 2. The molecule has 0 saturated carbocycles. The summed E-state index contributed by atoms with van der Waals surface area (Å²) >= 11 is 0. The zero-order valence-corrected chi connectivity index (χ0v) is 15.2. The van der Waals surface area contributed by atoms with Gasteiger partial charge in [0.25, 0.3) is 5.91 Å². The second kappa shape index (κ2) is 7.76. The molecular formula is C18H21FN2O3S. The van der Waals surface area contributed by atoms with Gasteiger partial charge in [0.2, 0.25) is 10.0 Å². The molecule has 0 aliphatic heterocycles. The van der Waals surface area contributed by atoms with Gasteiger partial charge in [-0.25, -0.2) is 17.5 Å². The molecule has 0 aromatic heterocycles. The zero-order valence-electron chi connectivity index (χ0n) is 14.3. The molecule has 0 spiro atoms. The molecule has 2 N–H and O–H groups in total. The zero-order chi connectivity index (χ0) is 18.6. The van der Waals surface area contributed by atoms with Crippen LogP contribution in [0.2, 0.25) is 0 Å². The smallest absolute Gasteiger partial charge is 0.255 e. The van der Waals surface area contributed by atoms with Crippen LogP contribution in [0.15, 0.2) is 47.4 Å². The minimum Gasteiger partial charge on any atom is -0.322 e. The lowest BCUT2D eigenvalue weighted by molar-refractivity contribution is 0.102. The summed E-state index contributed by atoms with van der Waals surface area (Å²) in [4.78, 5) is 12.3. The summed E-state index contributed by atoms with van der Waals surface area (Å²) < 4.78 is 40.5. The predicted octanol–water partition coefficient (Wildman–Crippen LogP) is 3.46. The van der Waals surface area contributed by atoms with E-state index in [1.54, 1.807) is 26.0 Å². The number of carbonyl (C=O) groups excluding carboxylic acids is 1. The van der Waals surface area contributed by atoms with Crippen LogP contribution >= 0.6 is 0 Å². The number of carbonyl (C=O) groups is 1. The monoisotopic (exact) mass is 364 g/mol. The molecule has 25 heavy (non-hydrogen) atoms. The summed E-state index contributed by atoms with van der Waals surface area (Å²) in [6.07, 6.45) is 0.673. The Labute approximate surface area is 147 Å². The highest BCUT2D eigenvalue weighted by molar-refractivity contribution is 7.89. The lowest BCUT2D eigenvalue weighted by Gasteiger charge is -2.12. The summed E-state index contributed by atoms with van der Waals surface area (Å²) in [5, 5.41) is 2.58. The van der Waals surface area contributed by atoms with Crippen LogP contribution < -0.4 is 10.0 Å². The Kier molecular flexibility index (Phi) is 5.92. The highest BCUT2D eigenvalue weighted by Crippen LogP contribution is 2.16. The SMILES string of the molecule is CCC(C)NS(=O)(=O)c1ccc(C(=O)Nc2ccc(C)c(F)c2)cc1. The number of rotatable bonds is 6. The van der Waals surface area contributed by atoms with E-state index in [0.717, 1.165) is 0 Å². The molecule has 0 aliphatic carbocycles. The van der Waals surface area contributed by atoms with Crippen molar-refractivity contribution in [2.45, 2.75) is 38.1 Å². The predicted molar refractivity (Wildman–Crippen MR) is 95.6 cm³/mol. The van der Waals surface area contributed by atoms with Gasteiger partial charge in [0.1, 0.15) is 5.82 Å². The Morgan fingerprint density at radius 1 is 1.16 bits per heavy atom. The van der Waals surface area contributed by atoms with Crippen molar-refractivity contribution in [2.24, 2.45) is 0 Å². The summed E-state index contributed by atoms with van der Waals surface area (Å²) in [5.74, 6) is -0.850. The molecule has 0 bridgehead atoms. The van der Waals surface area contributed by atoms with E-state index in [1.807, 2.05) is 6.92 Å². The number of aryl methyl sites for hydroxylation is 1. The first-order valence-corrected chi connectivity index (χ1v) is 9.41. The van der Waals surface area contributed by atoms with Gasteiger partial charge in [-0.05, 0) is 62.2 Å². The number of amides is 1. The Balaban J connectivity index is 2.13. The van der Waals surface area contributed by atoms with Crippen molar-refractivity contribution in [2.75, 3.05) is 5.32 Å². The van der Waals surface area contributed by atoms with Gasteiger partial charge in [-0.15, -0.1) is 0 Å². The van der Waals surface area contributed by atoms with E-state index in [-0.39, 0.29) is 16.5 Å². The quantitative estimate of drug-likeness (QED) is 0.824. The molecule has 0 aliphatic rings. The molecule has 2 aromatic rings. The summed E-state index contributed by atoms with van der Waals surface area (Å²) in [5.41, 5.74) is 1.10. The lowest BCUT2D eigenvalue weighted by atomic mass is 10.2. The van der Waals surface area contributed by atoms with Gasteiger partial charge in [0.05, 0.1) is 4.90 Å². The highest BCUT2D eigenvalue weighted by atomic mass is 32.2. The van der Waals surface area contributed by atoms with Gasteiger partial charge in [-0.3, -0.25) is 4.79 Å². The van der Waals surface area contributed by atoms with E-state index in [1.165, 1.54) is 30.3 Å². The fraction of sp³-hybridized carbons (Fsp3) is 0.278. The molecule has 0 saturated heterocycles. The van der Waals surface area contributed by atoms with Crippen LogP contribution in [0.1, 0.15) is 36.2 Å². The van der Waals surface area contributed by atoms with E-state index < -0.39 is 21.7 Å². The average Bonchev–Trinajstić information content (AvgIpc) is 2.57. The van der Waals surface area contributed by atoms with Gasteiger partial charge in [0, 0.05) is 17.3 Å². The molecule has 1 unspecified atom stereocenters. The first kappa shape index (κ1) is 19.1. The van der Waals surface area contributed by atoms with Crippen LogP contribution in [-0.2, 0) is 10.0 Å². The highest BCUT2D eigenvalue weighted by Gasteiger charge is 2.17. The van der Waals surface area contributed by atoms with Crippen molar-refractivity contribution in [3.8, 4) is 0 Å². The molecular weight excluding hydrogens is 343 g/mol. The summed E-state index contributed by atoms with van der Waals surface area (Å²) in [6, 6.07) is 9.82. The second-order valence-electron chi connectivity index (χ2n) is 5.87. The van der Waals surface area contributed by atoms with E-state index >= 15 is 0 Å². The molecule has 134 valence electrons. The van der Waals surface area contributed by atoms with Crippen LogP contribution in [0.4, 0.5) is 10.1 Å². The fourth-order valence-corrected chi connectivity index (χ4v) is 3.40. The van der Waals surface area contributed by atoms with Crippen LogP contribution in [0.25, 0.3) is 0 Å². The maximum atomic E-state index is 13.5. The normalized spacial score (nSPS) is 12.6. The number of anilines is 1. The molecule has 7 heteroatoms. The van der Waals surface area contributed by atoms with Crippen molar-refractivity contribution in [3.05, 3.63) is 59.4 Å². The fourth-order valence-electron chi connectivity index (χ4n) is 2.08. The van der Waals surface area contributed by atoms with Crippen LogP contribution in [-0.4, -0.2) is 20.4 Å². The minimum absolute atomic E-state index is 0.0886. The second-order valence-corrected chi connectivity index (χ2v) is 7.59. The number of halogens is 1. The minimum atomic E-state index is -3.61. The number of hydrogen-bond donors (Lipinski definition) is 2. The maximum Gasteiger partial charge on any atom is 0.255 e. The van der Waals surface area contributed by atoms with Gasteiger partial charge >= 0.3 is 0 Å². The molecule has 1 amide bonds. The first-order chi connectivity index (χ1) is 11.7. The van der Waals surface area contributed by atoms with Gasteiger partial charge < -0.3 is 5.32 Å². The first-order valence-electron chi connectivity index (χ1n) is 7.93. The number of benzene rings is 2. The molecule has 2 aromatic carbocycles. The molecule has 0 fully saturated rings. The lowest BCUT2D eigenvalue weighted by Crippen LogP contribution is -2.32. The summed E-state index contributed by atoms with van der Waals surface area (Å²) in [6.45, 7) is 5.29. The molecule has 0 radical (unpaired) electrons. The average molecular weight is 364 g/mol. The molecule has 0 heterocycles. The number of hydrogen-bond acceptors (Lipinski definition) is 3. The molecule has 1 atom stereocenters. The van der Waals surface area contributed by atoms with E-state index in [9.17, 15) is 17.6 Å². The maximum absolute atomic E-state index is 13.5. The summed E-state index contributed by atoms with van der Waals surface area (Å²) in [7, 11) is -3.61. The van der Waals surface area contributed by atoms with Crippen LogP contribution in [0, 0.1) is 12.7 Å². The number of sulfonamides is 1. The van der Waals surface area contributed by atoms with Crippen molar-refractivity contribution in [3.63, 3.8) is 0 Å². The van der Waals surface area contributed by atoms with Crippen molar-refractivity contribution < 1.29 is 17.6 Å². The van der Waals surface area contributed by atoms with Gasteiger partial charge in [-0.2, -0.15) is 0 Å².